The van der Waals surface area contributed by atoms with Gasteiger partial charge in [0.1, 0.15) is 18.2 Å². The molecule has 8 nitrogen and oxygen atoms in total. The van der Waals surface area contributed by atoms with Gasteiger partial charge in [-0.15, -0.1) is 10.2 Å². The molecule has 2 fully saturated rings. The van der Waals surface area contributed by atoms with Crippen LogP contribution in [0.4, 0.5) is 15.0 Å². The van der Waals surface area contributed by atoms with Crippen molar-refractivity contribution in [3.05, 3.63) is 95.8 Å². The van der Waals surface area contributed by atoms with Crippen LogP contribution in [0.2, 0.25) is 0 Å². The summed E-state index contributed by atoms with van der Waals surface area (Å²) < 4.78 is 24.6. The first-order valence-corrected chi connectivity index (χ1v) is 14.2. The number of likely N-dealkylation sites (tertiary alicyclic amines) is 1. The molecule has 216 valence electrons. The predicted octanol–water partition coefficient (Wildman–Crippen LogP) is 5.97. The summed E-state index contributed by atoms with van der Waals surface area (Å²) in [7, 11) is 0. The van der Waals surface area contributed by atoms with Crippen molar-refractivity contribution < 1.29 is 23.8 Å². The summed E-state index contributed by atoms with van der Waals surface area (Å²) in [6.07, 6.45) is 1.30. The molecule has 42 heavy (non-hydrogen) atoms. The molecular formula is C33H33FN4O4. The quantitative estimate of drug-likeness (QED) is 0.294. The van der Waals surface area contributed by atoms with Gasteiger partial charge in [0.15, 0.2) is 5.82 Å². The highest BCUT2D eigenvalue weighted by atomic mass is 19.1. The highest BCUT2D eigenvalue weighted by molar-refractivity contribution is 5.87. The van der Waals surface area contributed by atoms with Crippen LogP contribution in [0, 0.1) is 12.7 Å². The number of aromatic hydroxyl groups is 1. The molecule has 0 radical (unpaired) electrons. The number of phenols is 1. The van der Waals surface area contributed by atoms with Crippen LogP contribution in [0.3, 0.4) is 0 Å². The molecule has 1 N–H and O–H groups in total. The van der Waals surface area contributed by atoms with E-state index in [1.54, 1.807) is 29.2 Å². The first-order chi connectivity index (χ1) is 20.5. The Hall–Kier alpha value is -4.34. The summed E-state index contributed by atoms with van der Waals surface area (Å²) >= 11 is 0. The molecule has 1 atom stereocenters. The molecule has 1 aromatic heterocycles. The smallest absolute Gasteiger partial charge is 0.416 e. The van der Waals surface area contributed by atoms with Gasteiger partial charge in [-0.1, -0.05) is 48.5 Å². The lowest BCUT2D eigenvalue weighted by molar-refractivity contribution is -0.0719. The number of carbonyl (C=O) groups is 1. The van der Waals surface area contributed by atoms with Crippen molar-refractivity contribution in [1.82, 2.24) is 15.1 Å². The number of hydrogen-bond donors (Lipinski definition) is 1. The van der Waals surface area contributed by atoms with E-state index in [1.807, 2.05) is 49.4 Å². The number of anilines is 1. The molecule has 0 unspecified atom stereocenters. The summed E-state index contributed by atoms with van der Waals surface area (Å²) in [5, 5.41) is 19.9. The van der Waals surface area contributed by atoms with E-state index in [0.717, 1.165) is 41.6 Å². The van der Waals surface area contributed by atoms with Gasteiger partial charge in [0.05, 0.1) is 31.0 Å². The van der Waals surface area contributed by atoms with Gasteiger partial charge in [-0.3, -0.25) is 9.80 Å². The van der Waals surface area contributed by atoms with Crippen molar-refractivity contribution in [3.8, 4) is 28.1 Å². The number of phenolic OH excluding ortho intramolecular Hbond substituents is 1. The van der Waals surface area contributed by atoms with Gasteiger partial charge >= 0.3 is 6.09 Å². The minimum atomic E-state index is -0.469. The number of ether oxygens (including phenoxy) is 2. The zero-order chi connectivity index (χ0) is 29.1. The minimum absolute atomic E-state index is 0.0340. The monoisotopic (exact) mass is 568 g/mol. The van der Waals surface area contributed by atoms with Crippen molar-refractivity contribution in [3.63, 3.8) is 0 Å². The van der Waals surface area contributed by atoms with Crippen molar-refractivity contribution in [2.75, 3.05) is 31.2 Å². The molecular weight excluding hydrogens is 535 g/mol. The van der Waals surface area contributed by atoms with Crippen LogP contribution in [0.1, 0.15) is 24.0 Å². The third-order valence-electron chi connectivity index (χ3n) is 7.98. The van der Waals surface area contributed by atoms with Crippen LogP contribution >= 0.6 is 0 Å². The van der Waals surface area contributed by atoms with E-state index in [4.69, 9.17) is 9.47 Å². The number of amides is 1. The lowest BCUT2D eigenvalue weighted by atomic mass is 9.99. The predicted molar refractivity (Wildman–Crippen MR) is 158 cm³/mol. The Morgan fingerprint density at radius 3 is 2.50 bits per heavy atom. The van der Waals surface area contributed by atoms with E-state index < -0.39 is 6.09 Å². The largest absolute Gasteiger partial charge is 0.507 e. The lowest BCUT2D eigenvalue weighted by Gasteiger charge is -2.44. The van der Waals surface area contributed by atoms with Gasteiger partial charge in [-0.05, 0) is 78.9 Å². The number of nitrogens with zero attached hydrogens (tertiary/aromatic N) is 4. The van der Waals surface area contributed by atoms with Crippen molar-refractivity contribution in [2.45, 2.75) is 38.5 Å². The van der Waals surface area contributed by atoms with Gasteiger partial charge in [0.25, 0.3) is 0 Å². The van der Waals surface area contributed by atoms with Crippen molar-refractivity contribution >= 4 is 11.9 Å². The fourth-order valence-corrected chi connectivity index (χ4v) is 5.59. The highest BCUT2D eigenvalue weighted by Crippen LogP contribution is 2.35. The van der Waals surface area contributed by atoms with Crippen LogP contribution < -0.4 is 4.90 Å². The SMILES string of the molecule is Cc1cc(N(C(=O)OCc2ccccc2)[C@@H]2CCCN(C3COC3)C2)nnc1-c1ccc(-c2ccc(F)cc2)cc1O. The van der Waals surface area contributed by atoms with E-state index in [1.165, 1.54) is 12.1 Å². The fourth-order valence-electron chi connectivity index (χ4n) is 5.59. The maximum atomic E-state index is 13.6. The fraction of sp³-hybridized carbons (Fsp3) is 0.303. The van der Waals surface area contributed by atoms with Gasteiger partial charge in [0.2, 0.25) is 0 Å². The van der Waals surface area contributed by atoms with Crippen LogP contribution in [0.25, 0.3) is 22.4 Å². The molecule has 0 saturated carbocycles. The molecule has 6 rings (SSSR count). The third kappa shape index (κ3) is 5.98. The van der Waals surface area contributed by atoms with Gasteiger partial charge in [-0.25, -0.2) is 9.18 Å². The summed E-state index contributed by atoms with van der Waals surface area (Å²) in [5.74, 6) is 0.127. The van der Waals surface area contributed by atoms with Gasteiger partial charge in [-0.2, -0.15) is 0 Å². The number of rotatable bonds is 7. The first kappa shape index (κ1) is 27.8. The van der Waals surface area contributed by atoms with Crippen LogP contribution in [0.15, 0.2) is 78.9 Å². The molecule has 3 aromatic carbocycles. The van der Waals surface area contributed by atoms with Gasteiger partial charge < -0.3 is 14.6 Å². The maximum Gasteiger partial charge on any atom is 0.416 e. The average Bonchev–Trinajstić information content (AvgIpc) is 2.97. The van der Waals surface area contributed by atoms with Gasteiger partial charge in [0, 0.05) is 12.1 Å². The Balaban J connectivity index is 1.27. The normalized spacial score (nSPS) is 17.4. The number of halogens is 1. The standard InChI is InChI=1S/C33H33FN4O4/c1-22-16-31(35-36-32(22)29-14-11-25(17-30(29)39)24-9-12-26(34)13-10-24)38(33(40)42-19-23-6-3-2-4-7-23)27-8-5-15-37(18-27)28-20-41-21-28/h2-4,6-7,9-14,16-17,27-28,39H,5,8,15,18-21H2,1H3/t27-/m1/s1. The Morgan fingerprint density at radius 2 is 1.81 bits per heavy atom. The number of benzene rings is 3. The number of hydrogen-bond acceptors (Lipinski definition) is 7. The second kappa shape index (κ2) is 12.3. The molecule has 0 bridgehead atoms. The molecule has 0 aliphatic carbocycles. The molecule has 9 heteroatoms. The summed E-state index contributed by atoms with van der Waals surface area (Å²) in [5.41, 5.74) is 4.23. The van der Waals surface area contributed by atoms with Crippen LogP contribution in [0.5, 0.6) is 5.75 Å². The molecule has 2 saturated heterocycles. The minimum Gasteiger partial charge on any atom is -0.507 e. The molecule has 2 aliphatic heterocycles. The first-order valence-electron chi connectivity index (χ1n) is 14.2. The Bertz CT molecular complexity index is 1550. The van der Waals surface area contributed by atoms with Crippen molar-refractivity contribution in [1.29, 1.82) is 0 Å². The van der Waals surface area contributed by atoms with E-state index >= 15 is 0 Å². The number of aryl methyl sites for hydroxylation is 1. The topological polar surface area (TPSA) is 88.0 Å². The number of piperidine rings is 1. The molecule has 4 aromatic rings. The Kier molecular flexibility index (Phi) is 8.12. The molecule has 3 heterocycles. The summed E-state index contributed by atoms with van der Waals surface area (Å²) in [6.45, 7) is 5.12. The Labute approximate surface area is 244 Å². The van der Waals surface area contributed by atoms with Crippen molar-refractivity contribution in [2.24, 2.45) is 0 Å². The second-order valence-corrected chi connectivity index (χ2v) is 10.9. The van der Waals surface area contributed by atoms with Crippen LogP contribution in [-0.2, 0) is 16.1 Å². The number of carbonyl (C=O) groups excluding carboxylic acids is 1. The number of aromatic nitrogens is 2. The third-order valence-corrected chi connectivity index (χ3v) is 7.98. The maximum absolute atomic E-state index is 13.6. The van der Waals surface area contributed by atoms with E-state index in [9.17, 15) is 14.3 Å². The van der Waals surface area contributed by atoms with E-state index in [2.05, 4.69) is 15.1 Å². The zero-order valence-corrected chi connectivity index (χ0v) is 23.4. The van der Waals surface area contributed by atoms with E-state index in [0.29, 0.717) is 42.9 Å². The molecule has 1 amide bonds. The average molecular weight is 569 g/mol. The molecule has 2 aliphatic rings. The molecule has 0 spiro atoms. The highest BCUT2D eigenvalue weighted by Gasteiger charge is 2.36. The van der Waals surface area contributed by atoms with E-state index in [-0.39, 0.29) is 24.2 Å². The Morgan fingerprint density at radius 1 is 1.05 bits per heavy atom. The zero-order valence-electron chi connectivity index (χ0n) is 23.4. The second-order valence-electron chi connectivity index (χ2n) is 10.9. The van der Waals surface area contributed by atoms with Crippen LogP contribution in [-0.4, -0.2) is 64.7 Å². The summed E-state index contributed by atoms with van der Waals surface area (Å²) in [4.78, 5) is 17.6. The summed E-state index contributed by atoms with van der Waals surface area (Å²) in [6, 6.07) is 23.0. The lowest BCUT2D eigenvalue weighted by Crippen LogP contribution is -2.57.